The number of alkyl halides is 1. The maximum absolute atomic E-state index is 12.6. The van der Waals surface area contributed by atoms with Crippen molar-refractivity contribution in [1.82, 2.24) is 5.01 Å². The van der Waals surface area contributed by atoms with Crippen LogP contribution in [0.5, 0.6) is 0 Å². The minimum absolute atomic E-state index is 0.417. The van der Waals surface area contributed by atoms with Crippen molar-refractivity contribution >= 4 is 0 Å². The van der Waals surface area contributed by atoms with Gasteiger partial charge < -0.3 is 0 Å². The van der Waals surface area contributed by atoms with Gasteiger partial charge in [-0.3, -0.25) is 5.84 Å². The number of halogens is 1. The monoisotopic (exact) mass is 132 g/mol. The van der Waals surface area contributed by atoms with Crippen LogP contribution < -0.4 is 5.84 Å². The van der Waals surface area contributed by atoms with Crippen LogP contribution in [0.15, 0.2) is 0 Å². The van der Waals surface area contributed by atoms with Gasteiger partial charge in [0.05, 0.1) is 0 Å². The normalized spacial score (nSPS) is 32.0. The molecule has 0 spiro atoms. The largest absolute Gasteiger partial charge is 0.269 e. The first-order valence-electron chi connectivity index (χ1n) is 3.43. The Hall–Kier alpha value is -0.150. The second-order valence-corrected chi connectivity index (χ2v) is 2.59. The second-order valence-electron chi connectivity index (χ2n) is 2.59. The van der Waals surface area contributed by atoms with E-state index in [1.165, 1.54) is 0 Å². The molecule has 9 heavy (non-hydrogen) atoms. The molecular formula is C6H13FN2. The van der Waals surface area contributed by atoms with Gasteiger partial charge in [-0.15, -0.1) is 0 Å². The minimum Gasteiger partial charge on any atom is -0.269 e. The highest BCUT2D eigenvalue weighted by molar-refractivity contribution is 4.65. The summed E-state index contributed by atoms with van der Waals surface area (Å²) in [6.07, 6.45) is 2.01. The molecule has 1 atom stereocenters. The van der Waals surface area contributed by atoms with Crippen LogP contribution in [0.3, 0.4) is 0 Å². The van der Waals surface area contributed by atoms with E-state index >= 15 is 0 Å². The third kappa shape index (κ3) is 2.28. The van der Waals surface area contributed by atoms with Crippen molar-refractivity contribution in [2.24, 2.45) is 5.84 Å². The molecule has 1 aliphatic heterocycles. The molecule has 1 fully saturated rings. The molecule has 1 unspecified atom stereocenters. The molecule has 0 amide bonds. The summed E-state index contributed by atoms with van der Waals surface area (Å²) >= 11 is 0. The predicted molar refractivity (Wildman–Crippen MR) is 34.5 cm³/mol. The van der Waals surface area contributed by atoms with Crippen molar-refractivity contribution in [2.45, 2.75) is 25.4 Å². The molecule has 0 aromatic heterocycles. The molecule has 0 radical (unpaired) electrons. The molecule has 1 rings (SSSR count). The van der Waals surface area contributed by atoms with Crippen LogP contribution in [0.1, 0.15) is 19.3 Å². The Balaban J connectivity index is 2.29. The van der Waals surface area contributed by atoms with E-state index in [1.54, 1.807) is 5.01 Å². The number of hydrazine groups is 1. The number of nitrogens with zero attached hydrogens (tertiary/aromatic N) is 1. The fourth-order valence-corrected chi connectivity index (χ4v) is 1.12. The van der Waals surface area contributed by atoms with Gasteiger partial charge in [0.2, 0.25) is 0 Å². The molecule has 0 saturated carbocycles. The molecule has 1 saturated heterocycles. The summed E-state index contributed by atoms with van der Waals surface area (Å²) in [5.41, 5.74) is 0. The molecule has 2 N–H and O–H groups in total. The summed E-state index contributed by atoms with van der Waals surface area (Å²) in [5, 5.41) is 1.57. The number of nitrogens with two attached hydrogens (primary N) is 1. The first kappa shape index (κ1) is 6.96. The van der Waals surface area contributed by atoms with E-state index < -0.39 is 6.17 Å². The smallest absolute Gasteiger partial charge is 0.114 e. The lowest BCUT2D eigenvalue weighted by Crippen LogP contribution is -2.35. The Morgan fingerprint density at radius 2 is 2.22 bits per heavy atom. The minimum atomic E-state index is -0.697. The Morgan fingerprint density at radius 3 is 3.00 bits per heavy atom. The zero-order chi connectivity index (χ0) is 6.69. The second kappa shape index (κ2) is 3.13. The fraction of sp³-hybridized carbons (Fsp3) is 1.00. The van der Waals surface area contributed by atoms with Crippen molar-refractivity contribution in [3.05, 3.63) is 0 Å². The SMILES string of the molecule is NN1CCCCC(F)C1. The highest BCUT2D eigenvalue weighted by Crippen LogP contribution is 2.10. The Labute approximate surface area is 54.8 Å². The van der Waals surface area contributed by atoms with Crippen LogP contribution >= 0.6 is 0 Å². The highest BCUT2D eigenvalue weighted by Gasteiger charge is 2.13. The lowest BCUT2D eigenvalue weighted by Gasteiger charge is -2.12. The average Bonchev–Trinajstić information content (AvgIpc) is 1.93. The van der Waals surface area contributed by atoms with E-state index in [9.17, 15) is 4.39 Å². The van der Waals surface area contributed by atoms with Gasteiger partial charge in [0.15, 0.2) is 0 Å². The van der Waals surface area contributed by atoms with Gasteiger partial charge in [-0.1, -0.05) is 0 Å². The fourth-order valence-electron chi connectivity index (χ4n) is 1.12. The zero-order valence-electron chi connectivity index (χ0n) is 5.52. The van der Waals surface area contributed by atoms with Gasteiger partial charge in [0, 0.05) is 13.1 Å². The standard InChI is InChI=1S/C6H13FN2/c7-6-3-1-2-4-9(8)5-6/h6H,1-5,8H2. The molecule has 54 valence electrons. The van der Waals surface area contributed by atoms with Crippen LogP contribution in [0.2, 0.25) is 0 Å². The van der Waals surface area contributed by atoms with Gasteiger partial charge in [-0.25, -0.2) is 9.40 Å². The van der Waals surface area contributed by atoms with E-state index in [-0.39, 0.29) is 0 Å². The maximum Gasteiger partial charge on any atom is 0.114 e. The van der Waals surface area contributed by atoms with Gasteiger partial charge in [-0.05, 0) is 19.3 Å². The van der Waals surface area contributed by atoms with Crippen LogP contribution in [0.4, 0.5) is 4.39 Å². The van der Waals surface area contributed by atoms with Gasteiger partial charge >= 0.3 is 0 Å². The Kier molecular flexibility index (Phi) is 2.42. The molecule has 3 heteroatoms. The van der Waals surface area contributed by atoms with Crippen LogP contribution in [0.25, 0.3) is 0 Å². The van der Waals surface area contributed by atoms with Crippen molar-refractivity contribution in [1.29, 1.82) is 0 Å². The average molecular weight is 132 g/mol. The van der Waals surface area contributed by atoms with E-state index in [4.69, 9.17) is 5.84 Å². The van der Waals surface area contributed by atoms with Crippen molar-refractivity contribution < 1.29 is 4.39 Å². The highest BCUT2D eigenvalue weighted by atomic mass is 19.1. The molecule has 1 heterocycles. The van der Waals surface area contributed by atoms with Crippen molar-refractivity contribution in [2.75, 3.05) is 13.1 Å². The molecule has 0 aromatic carbocycles. The van der Waals surface area contributed by atoms with Crippen LogP contribution in [-0.2, 0) is 0 Å². The quantitative estimate of drug-likeness (QED) is 0.491. The van der Waals surface area contributed by atoms with Crippen LogP contribution in [0, 0.1) is 0 Å². The number of hydrogen-bond donors (Lipinski definition) is 1. The van der Waals surface area contributed by atoms with E-state index in [1.807, 2.05) is 0 Å². The third-order valence-electron chi connectivity index (χ3n) is 1.65. The summed E-state index contributed by atoms with van der Waals surface area (Å²) in [6, 6.07) is 0. The van der Waals surface area contributed by atoms with Gasteiger partial charge in [0.1, 0.15) is 6.17 Å². The summed E-state index contributed by atoms with van der Waals surface area (Å²) in [5.74, 6) is 5.42. The molecule has 0 aromatic rings. The molecule has 2 nitrogen and oxygen atoms in total. The molecular weight excluding hydrogens is 119 g/mol. The van der Waals surface area contributed by atoms with Gasteiger partial charge in [-0.2, -0.15) is 0 Å². The molecule has 1 aliphatic rings. The van der Waals surface area contributed by atoms with Crippen molar-refractivity contribution in [3.63, 3.8) is 0 Å². The lowest BCUT2D eigenvalue weighted by atomic mass is 10.2. The summed E-state index contributed by atoms with van der Waals surface area (Å²) in [4.78, 5) is 0. The molecule has 0 bridgehead atoms. The topological polar surface area (TPSA) is 29.3 Å². The number of hydrogen-bond acceptors (Lipinski definition) is 2. The van der Waals surface area contributed by atoms with E-state index in [0.29, 0.717) is 13.0 Å². The van der Waals surface area contributed by atoms with Crippen LogP contribution in [-0.4, -0.2) is 24.3 Å². The summed E-state index contributed by atoms with van der Waals surface area (Å²) < 4.78 is 12.6. The van der Waals surface area contributed by atoms with E-state index in [0.717, 1.165) is 19.4 Å². The Bertz CT molecular complexity index is 77.1. The predicted octanol–water partition coefficient (Wildman–Crippen LogP) is 0.684. The summed E-state index contributed by atoms with van der Waals surface area (Å²) in [7, 11) is 0. The zero-order valence-corrected chi connectivity index (χ0v) is 5.52. The van der Waals surface area contributed by atoms with E-state index in [2.05, 4.69) is 0 Å². The summed E-state index contributed by atoms with van der Waals surface area (Å²) in [6.45, 7) is 1.26. The third-order valence-corrected chi connectivity index (χ3v) is 1.65. The maximum atomic E-state index is 12.6. The molecule has 0 aliphatic carbocycles. The van der Waals surface area contributed by atoms with Gasteiger partial charge in [0.25, 0.3) is 0 Å². The first-order chi connectivity index (χ1) is 4.29. The first-order valence-corrected chi connectivity index (χ1v) is 3.43. The Morgan fingerprint density at radius 1 is 1.44 bits per heavy atom. The van der Waals surface area contributed by atoms with Crippen molar-refractivity contribution in [3.8, 4) is 0 Å². The lowest BCUT2D eigenvalue weighted by molar-refractivity contribution is 0.211. The number of rotatable bonds is 0.